The number of rotatable bonds is 3. The van der Waals surface area contributed by atoms with Crippen LogP contribution in [-0.2, 0) is 0 Å². The highest BCUT2D eigenvalue weighted by Gasteiger charge is 2.27. The van der Waals surface area contributed by atoms with Gasteiger partial charge in [0.1, 0.15) is 5.82 Å². The minimum absolute atomic E-state index is 0. The fraction of sp³-hybridized carbons (Fsp3) is 0.333. The van der Waals surface area contributed by atoms with Gasteiger partial charge in [0, 0.05) is 36.1 Å². The molecule has 22 heavy (non-hydrogen) atoms. The van der Waals surface area contributed by atoms with E-state index in [1.807, 2.05) is 12.1 Å². The average Bonchev–Trinajstić information content (AvgIpc) is 2.90. The van der Waals surface area contributed by atoms with Gasteiger partial charge in [-0.15, -0.1) is 23.7 Å². The van der Waals surface area contributed by atoms with Gasteiger partial charge in [-0.05, 0) is 35.9 Å². The van der Waals surface area contributed by atoms with Crippen molar-refractivity contribution in [3.05, 3.63) is 55.9 Å². The molecular weight excluding hydrogens is 366 g/mol. The maximum Gasteiger partial charge on any atom is 0.123 e. The molecule has 1 aromatic carbocycles. The Labute approximate surface area is 149 Å². The lowest BCUT2D eigenvalue weighted by molar-refractivity contribution is 0.200. The normalized spacial score (nSPS) is 17.0. The molecule has 1 atom stereocenters. The summed E-state index contributed by atoms with van der Waals surface area (Å²) in [6, 6.07) is 8.37. The van der Waals surface area contributed by atoms with Crippen molar-refractivity contribution in [2.45, 2.75) is 6.04 Å². The first-order chi connectivity index (χ1) is 10.1. The van der Waals surface area contributed by atoms with Crippen LogP contribution in [0.25, 0.3) is 0 Å². The smallest absolute Gasteiger partial charge is 0.123 e. The first kappa shape index (κ1) is 18.0. The lowest BCUT2D eigenvalue weighted by Crippen LogP contribution is -2.45. The van der Waals surface area contributed by atoms with Gasteiger partial charge in [-0.25, -0.2) is 4.39 Å². The third-order valence-electron chi connectivity index (χ3n) is 3.63. The molecule has 0 bridgehead atoms. The SMILES string of the molecule is Cl.Fc1ccc(Cl)c([C@H](c2ccc(Cl)s2)N2CCNCC2)c1. The topological polar surface area (TPSA) is 15.3 Å². The van der Waals surface area contributed by atoms with Crippen LogP contribution in [0.5, 0.6) is 0 Å². The second-order valence-electron chi connectivity index (χ2n) is 5.00. The van der Waals surface area contributed by atoms with Crippen molar-refractivity contribution in [3.63, 3.8) is 0 Å². The van der Waals surface area contributed by atoms with Gasteiger partial charge in [-0.1, -0.05) is 23.2 Å². The maximum atomic E-state index is 13.7. The number of nitrogens with zero attached hydrogens (tertiary/aromatic N) is 1. The third-order valence-corrected chi connectivity index (χ3v) is 5.26. The molecule has 1 N–H and O–H groups in total. The summed E-state index contributed by atoms with van der Waals surface area (Å²) < 4.78 is 14.4. The summed E-state index contributed by atoms with van der Waals surface area (Å²) in [7, 11) is 0. The van der Waals surface area contributed by atoms with Crippen molar-refractivity contribution in [2.24, 2.45) is 0 Å². The lowest BCUT2D eigenvalue weighted by Gasteiger charge is -2.35. The highest BCUT2D eigenvalue weighted by atomic mass is 35.5. The number of thiophene rings is 1. The van der Waals surface area contributed by atoms with Gasteiger partial charge in [-0.2, -0.15) is 0 Å². The van der Waals surface area contributed by atoms with Crippen LogP contribution in [0.2, 0.25) is 9.36 Å². The van der Waals surface area contributed by atoms with Crippen LogP contribution in [0, 0.1) is 5.82 Å². The predicted octanol–water partition coefficient (Wildman–Crippen LogP) is 4.61. The Kier molecular flexibility index (Phi) is 6.50. The minimum Gasteiger partial charge on any atom is -0.314 e. The molecule has 2 heterocycles. The number of hydrogen-bond donors (Lipinski definition) is 1. The molecule has 0 aliphatic carbocycles. The van der Waals surface area contributed by atoms with Crippen molar-refractivity contribution in [3.8, 4) is 0 Å². The van der Waals surface area contributed by atoms with E-state index in [1.54, 1.807) is 6.07 Å². The molecular formula is C15H16Cl3FN2S. The quantitative estimate of drug-likeness (QED) is 0.835. The van der Waals surface area contributed by atoms with Gasteiger partial charge >= 0.3 is 0 Å². The number of nitrogens with one attached hydrogen (secondary N) is 1. The number of halogens is 4. The highest BCUT2D eigenvalue weighted by Crippen LogP contribution is 2.38. The Bertz CT molecular complexity index is 629. The average molecular weight is 382 g/mol. The van der Waals surface area contributed by atoms with E-state index in [-0.39, 0.29) is 24.3 Å². The molecule has 0 amide bonds. The highest BCUT2D eigenvalue weighted by molar-refractivity contribution is 7.16. The van der Waals surface area contributed by atoms with E-state index in [0.29, 0.717) is 5.02 Å². The molecule has 0 saturated carbocycles. The second kappa shape index (κ2) is 7.95. The fourth-order valence-corrected chi connectivity index (χ4v) is 4.11. The Balaban J connectivity index is 0.00000176. The number of benzene rings is 1. The van der Waals surface area contributed by atoms with E-state index in [1.165, 1.54) is 23.5 Å². The molecule has 1 aliphatic rings. The molecule has 7 heteroatoms. The summed E-state index contributed by atoms with van der Waals surface area (Å²) in [5.74, 6) is -0.266. The summed E-state index contributed by atoms with van der Waals surface area (Å²) in [6.45, 7) is 3.63. The molecule has 2 nitrogen and oxygen atoms in total. The molecule has 0 radical (unpaired) electrons. The van der Waals surface area contributed by atoms with Crippen molar-refractivity contribution >= 4 is 46.9 Å². The van der Waals surface area contributed by atoms with Gasteiger partial charge < -0.3 is 5.32 Å². The first-order valence-corrected chi connectivity index (χ1v) is 8.37. The largest absolute Gasteiger partial charge is 0.314 e. The Morgan fingerprint density at radius 2 is 1.86 bits per heavy atom. The van der Waals surface area contributed by atoms with Crippen LogP contribution in [-0.4, -0.2) is 31.1 Å². The monoisotopic (exact) mass is 380 g/mol. The molecule has 0 unspecified atom stereocenters. The molecule has 1 aromatic heterocycles. The zero-order valence-electron chi connectivity index (χ0n) is 11.7. The summed E-state index contributed by atoms with van der Waals surface area (Å²) >= 11 is 13.9. The zero-order chi connectivity index (χ0) is 14.8. The molecule has 2 aromatic rings. The van der Waals surface area contributed by atoms with Crippen molar-refractivity contribution in [1.82, 2.24) is 10.2 Å². The fourth-order valence-electron chi connectivity index (χ4n) is 2.67. The Hall–Kier alpha value is -0.360. The molecule has 120 valence electrons. The lowest BCUT2D eigenvalue weighted by atomic mass is 10.0. The molecule has 1 aliphatic heterocycles. The van der Waals surface area contributed by atoms with Crippen LogP contribution in [0.15, 0.2) is 30.3 Å². The van der Waals surface area contributed by atoms with E-state index in [0.717, 1.165) is 41.0 Å². The van der Waals surface area contributed by atoms with Crippen molar-refractivity contribution < 1.29 is 4.39 Å². The summed E-state index contributed by atoms with van der Waals surface area (Å²) in [4.78, 5) is 3.41. The summed E-state index contributed by atoms with van der Waals surface area (Å²) in [5.41, 5.74) is 0.803. The van der Waals surface area contributed by atoms with E-state index in [9.17, 15) is 4.39 Å². The standard InChI is InChI=1S/C15H15Cl2FN2S.ClH/c16-12-2-1-10(18)9-11(12)15(13-3-4-14(17)21-13)20-7-5-19-6-8-20;/h1-4,9,15,19H,5-8H2;1H/t15-;/m1./s1. The zero-order valence-corrected chi connectivity index (χ0v) is 14.8. The molecule has 0 spiro atoms. The van der Waals surface area contributed by atoms with E-state index >= 15 is 0 Å². The van der Waals surface area contributed by atoms with Gasteiger partial charge in [0.2, 0.25) is 0 Å². The summed E-state index contributed by atoms with van der Waals surface area (Å²) in [5, 5.41) is 3.92. The molecule has 1 saturated heterocycles. The van der Waals surface area contributed by atoms with Crippen LogP contribution < -0.4 is 5.32 Å². The third kappa shape index (κ3) is 3.94. The van der Waals surface area contributed by atoms with Gasteiger partial charge in [0.25, 0.3) is 0 Å². The van der Waals surface area contributed by atoms with Crippen LogP contribution in [0.4, 0.5) is 4.39 Å². The van der Waals surface area contributed by atoms with Crippen LogP contribution in [0.1, 0.15) is 16.5 Å². The van der Waals surface area contributed by atoms with Gasteiger partial charge in [0.05, 0.1) is 10.4 Å². The minimum atomic E-state index is -0.266. The van der Waals surface area contributed by atoms with Crippen molar-refractivity contribution in [2.75, 3.05) is 26.2 Å². The van der Waals surface area contributed by atoms with Crippen LogP contribution in [0.3, 0.4) is 0 Å². The number of hydrogen-bond acceptors (Lipinski definition) is 3. The first-order valence-electron chi connectivity index (χ1n) is 6.80. The maximum absolute atomic E-state index is 13.7. The van der Waals surface area contributed by atoms with Gasteiger partial charge in [-0.3, -0.25) is 4.90 Å². The number of piperazine rings is 1. The van der Waals surface area contributed by atoms with E-state index in [4.69, 9.17) is 23.2 Å². The second-order valence-corrected chi connectivity index (χ2v) is 7.15. The molecule has 1 fully saturated rings. The molecule has 3 rings (SSSR count). The summed E-state index contributed by atoms with van der Waals surface area (Å²) in [6.07, 6.45) is 0. The Morgan fingerprint density at radius 1 is 1.14 bits per heavy atom. The van der Waals surface area contributed by atoms with Crippen molar-refractivity contribution in [1.29, 1.82) is 0 Å². The van der Waals surface area contributed by atoms with Crippen LogP contribution >= 0.6 is 46.9 Å². The Morgan fingerprint density at radius 3 is 2.50 bits per heavy atom. The van der Waals surface area contributed by atoms with E-state index in [2.05, 4.69) is 10.2 Å². The van der Waals surface area contributed by atoms with E-state index < -0.39 is 0 Å². The van der Waals surface area contributed by atoms with Gasteiger partial charge in [0.15, 0.2) is 0 Å². The predicted molar refractivity (Wildman–Crippen MR) is 94.3 cm³/mol.